The van der Waals surface area contributed by atoms with Gasteiger partial charge in [-0.3, -0.25) is 4.90 Å². The predicted molar refractivity (Wildman–Crippen MR) is 82.9 cm³/mol. The summed E-state index contributed by atoms with van der Waals surface area (Å²) in [4.78, 5) is 6.74. The maximum absolute atomic E-state index is 5.72. The Balaban J connectivity index is 1.53. The normalized spacial score (nSPS) is 19.3. The van der Waals surface area contributed by atoms with Crippen molar-refractivity contribution in [3.8, 4) is 5.75 Å². The zero-order valence-corrected chi connectivity index (χ0v) is 13.1. The van der Waals surface area contributed by atoms with Crippen LogP contribution in [0.15, 0.2) is 28.8 Å². The summed E-state index contributed by atoms with van der Waals surface area (Å²) in [6, 6.07) is 8.19. The fraction of sp³-hybridized carbons (Fsp3) is 0.500. The summed E-state index contributed by atoms with van der Waals surface area (Å²) in [6.07, 6.45) is 0.616. The van der Waals surface area contributed by atoms with Gasteiger partial charge in [0.2, 0.25) is 5.89 Å². The van der Waals surface area contributed by atoms with Crippen molar-refractivity contribution in [1.29, 1.82) is 0 Å². The first-order valence-corrected chi connectivity index (χ1v) is 7.65. The van der Waals surface area contributed by atoms with Crippen LogP contribution in [0.2, 0.25) is 0 Å². The fourth-order valence-corrected chi connectivity index (χ4v) is 2.56. The number of ether oxygens (including phenoxy) is 1. The summed E-state index contributed by atoms with van der Waals surface area (Å²) in [5.41, 5.74) is 1.19. The Morgan fingerprint density at radius 2 is 2.36 bits per heavy atom. The van der Waals surface area contributed by atoms with Crippen molar-refractivity contribution in [2.24, 2.45) is 0 Å². The predicted octanol–water partition coefficient (Wildman–Crippen LogP) is 1.58. The van der Waals surface area contributed by atoms with E-state index in [-0.39, 0.29) is 6.04 Å². The van der Waals surface area contributed by atoms with Crippen LogP contribution in [0.3, 0.4) is 0 Å². The zero-order valence-electron chi connectivity index (χ0n) is 13.1. The topological polar surface area (TPSA) is 63.4 Å². The van der Waals surface area contributed by atoms with Gasteiger partial charge in [0.15, 0.2) is 5.82 Å². The summed E-state index contributed by atoms with van der Waals surface area (Å²) in [5, 5.41) is 7.46. The number of aromatic nitrogens is 2. The average Bonchev–Trinajstić information content (AvgIpc) is 2.96. The molecule has 118 valence electrons. The summed E-state index contributed by atoms with van der Waals surface area (Å²) in [6.45, 7) is 5.43. The van der Waals surface area contributed by atoms with Crippen molar-refractivity contribution in [1.82, 2.24) is 20.4 Å². The number of nitrogens with zero attached hydrogens (tertiary/aromatic N) is 3. The largest absolute Gasteiger partial charge is 0.493 e. The highest BCUT2D eigenvalue weighted by molar-refractivity contribution is 5.27. The van der Waals surface area contributed by atoms with E-state index in [1.54, 1.807) is 0 Å². The first-order valence-electron chi connectivity index (χ1n) is 7.65. The molecule has 6 nitrogen and oxygen atoms in total. The lowest BCUT2D eigenvalue weighted by molar-refractivity contribution is 0.190. The molecule has 1 saturated heterocycles. The first kappa shape index (κ1) is 15.0. The lowest BCUT2D eigenvalue weighted by Crippen LogP contribution is -2.44. The van der Waals surface area contributed by atoms with Crippen LogP contribution < -0.4 is 10.1 Å². The number of likely N-dealkylation sites (N-methyl/N-ethyl adjacent to an activating group) is 1. The molecule has 0 spiro atoms. The molecule has 1 unspecified atom stereocenters. The van der Waals surface area contributed by atoms with Crippen LogP contribution in [0, 0.1) is 6.92 Å². The molecule has 0 radical (unpaired) electrons. The molecule has 22 heavy (non-hydrogen) atoms. The van der Waals surface area contributed by atoms with Crippen molar-refractivity contribution in [2.75, 3.05) is 33.3 Å². The number of nitrogens with one attached hydrogen (secondary N) is 1. The van der Waals surface area contributed by atoms with Crippen LogP contribution >= 0.6 is 0 Å². The Bertz CT molecular complexity index is 614. The van der Waals surface area contributed by atoms with Crippen LogP contribution in [-0.4, -0.2) is 48.3 Å². The first-order chi connectivity index (χ1) is 10.7. The minimum absolute atomic E-state index is 0.184. The molecular formula is C16H22N4O2. The molecule has 0 aliphatic carbocycles. The van der Waals surface area contributed by atoms with Crippen LogP contribution in [0.5, 0.6) is 5.75 Å². The second kappa shape index (κ2) is 6.89. The Labute approximate surface area is 130 Å². The molecule has 1 aliphatic rings. The molecule has 1 atom stereocenters. The van der Waals surface area contributed by atoms with Gasteiger partial charge in [-0.1, -0.05) is 17.3 Å². The van der Waals surface area contributed by atoms with Gasteiger partial charge in [0, 0.05) is 19.6 Å². The Hall–Kier alpha value is -1.92. The van der Waals surface area contributed by atoms with Gasteiger partial charge < -0.3 is 14.6 Å². The number of hydrogen-bond donors (Lipinski definition) is 1. The average molecular weight is 302 g/mol. The maximum Gasteiger partial charge on any atom is 0.230 e. The third kappa shape index (κ3) is 3.64. The van der Waals surface area contributed by atoms with E-state index in [1.807, 2.05) is 31.2 Å². The molecule has 3 rings (SSSR count). The molecule has 0 amide bonds. The summed E-state index contributed by atoms with van der Waals surface area (Å²) < 4.78 is 11.0. The second-order valence-electron chi connectivity index (χ2n) is 5.66. The van der Waals surface area contributed by atoms with Crippen LogP contribution in [0.4, 0.5) is 0 Å². The Morgan fingerprint density at radius 3 is 3.18 bits per heavy atom. The number of benzene rings is 1. The van der Waals surface area contributed by atoms with E-state index in [1.165, 1.54) is 5.56 Å². The lowest BCUT2D eigenvalue weighted by Gasteiger charge is -2.30. The van der Waals surface area contributed by atoms with Crippen LogP contribution in [-0.2, 0) is 6.42 Å². The SMILES string of the molecule is Cc1cccc(OCCc2nc(C3CNCCN3C)no2)c1. The fourth-order valence-electron chi connectivity index (χ4n) is 2.56. The molecule has 1 aromatic carbocycles. The van der Waals surface area contributed by atoms with Crippen molar-refractivity contribution in [3.05, 3.63) is 41.5 Å². The molecule has 6 heteroatoms. The van der Waals surface area contributed by atoms with Gasteiger partial charge in [0.1, 0.15) is 5.75 Å². The number of aryl methyl sites for hydroxylation is 1. The third-order valence-corrected chi connectivity index (χ3v) is 3.87. The Morgan fingerprint density at radius 1 is 1.45 bits per heavy atom. The van der Waals surface area contributed by atoms with Gasteiger partial charge in [-0.2, -0.15) is 4.98 Å². The molecule has 1 fully saturated rings. The van der Waals surface area contributed by atoms with E-state index in [2.05, 4.69) is 27.4 Å². The summed E-state index contributed by atoms with van der Waals surface area (Å²) in [7, 11) is 2.09. The number of rotatable bonds is 5. The van der Waals surface area contributed by atoms with Crippen molar-refractivity contribution in [3.63, 3.8) is 0 Å². The third-order valence-electron chi connectivity index (χ3n) is 3.87. The standard InChI is InChI=1S/C16H22N4O2/c1-12-4-3-5-13(10-12)21-9-6-15-18-16(19-22-15)14-11-17-7-8-20(14)2/h3-5,10,14,17H,6-9,11H2,1-2H3. The van der Waals surface area contributed by atoms with E-state index in [0.29, 0.717) is 18.9 Å². The highest BCUT2D eigenvalue weighted by Crippen LogP contribution is 2.18. The maximum atomic E-state index is 5.72. The van der Waals surface area contributed by atoms with E-state index < -0.39 is 0 Å². The van der Waals surface area contributed by atoms with Crippen molar-refractivity contribution >= 4 is 0 Å². The molecule has 1 aliphatic heterocycles. The Kier molecular flexibility index (Phi) is 4.70. The minimum atomic E-state index is 0.184. The van der Waals surface area contributed by atoms with E-state index >= 15 is 0 Å². The number of piperazine rings is 1. The van der Waals surface area contributed by atoms with E-state index in [9.17, 15) is 0 Å². The van der Waals surface area contributed by atoms with Gasteiger partial charge in [0.25, 0.3) is 0 Å². The highest BCUT2D eigenvalue weighted by atomic mass is 16.5. The molecule has 1 aromatic heterocycles. The second-order valence-corrected chi connectivity index (χ2v) is 5.66. The highest BCUT2D eigenvalue weighted by Gasteiger charge is 2.25. The molecular weight excluding hydrogens is 280 g/mol. The summed E-state index contributed by atoms with van der Waals surface area (Å²) in [5.74, 6) is 2.25. The lowest BCUT2D eigenvalue weighted by atomic mass is 10.2. The smallest absolute Gasteiger partial charge is 0.230 e. The zero-order chi connectivity index (χ0) is 15.4. The van der Waals surface area contributed by atoms with Gasteiger partial charge in [-0.05, 0) is 31.7 Å². The van der Waals surface area contributed by atoms with Crippen molar-refractivity contribution in [2.45, 2.75) is 19.4 Å². The molecule has 2 aromatic rings. The molecule has 2 heterocycles. The summed E-state index contributed by atoms with van der Waals surface area (Å²) >= 11 is 0. The van der Waals surface area contributed by atoms with Crippen molar-refractivity contribution < 1.29 is 9.26 Å². The van der Waals surface area contributed by atoms with Gasteiger partial charge in [-0.15, -0.1) is 0 Å². The molecule has 1 N–H and O–H groups in total. The van der Waals surface area contributed by atoms with Crippen LogP contribution in [0.1, 0.15) is 23.3 Å². The minimum Gasteiger partial charge on any atom is -0.493 e. The monoisotopic (exact) mass is 302 g/mol. The van der Waals surface area contributed by atoms with Gasteiger partial charge in [0.05, 0.1) is 19.1 Å². The van der Waals surface area contributed by atoms with Gasteiger partial charge >= 0.3 is 0 Å². The quantitative estimate of drug-likeness (QED) is 0.904. The van der Waals surface area contributed by atoms with E-state index in [0.717, 1.165) is 31.2 Å². The molecule has 0 saturated carbocycles. The molecule has 0 bridgehead atoms. The number of hydrogen-bond acceptors (Lipinski definition) is 6. The van der Waals surface area contributed by atoms with Gasteiger partial charge in [-0.25, -0.2) is 0 Å². The van der Waals surface area contributed by atoms with E-state index in [4.69, 9.17) is 9.26 Å². The van der Waals surface area contributed by atoms with Crippen LogP contribution in [0.25, 0.3) is 0 Å².